The molecule has 1 aromatic rings. The second kappa shape index (κ2) is 7.86. The van der Waals surface area contributed by atoms with Crippen LogP contribution in [0.25, 0.3) is 0 Å². The van der Waals surface area contributed by atoms with Crippen molar-refractivity contribution in [2.75, 3.05) is 20.2 Å². The van der Waals surface area contributed by atoms with E-state index in [1.54, 1.807) is 13.2 Å². The van der Waals surface area contributed by atoms with E-state index in [9.17, 15) is 0 Å². The molecule has 0 aliphatic heterocycles. The van der Waals surface area contributed by atoms with E-state index in [0.29, 0.717) is 18.1 Å². The zero-order valence-electron chi connectivity index (χ0n) is 11.3. The SMILES string of the molecule is CCCN(CC(N)=NO)Cc1cc(Cl)ccc1OC. The molecule has 19 heavy (non-hydrogen) atoms. The van der Waals surface area contributed by atoms with Gasteiger partial charge in [0.2, 0.25) is 0 Å². The molecule has 0 heterocycles. The maximum absolute atomic E-state index is 8.65. The highest BCUT2D eigenvalue weighted by Gasteiger charge is 2.11. The van der Waals surface area contributed by atoms with Gasteiger partial charge in [0.1, 0.15) is 5.75 Å². The third-order valence-corrected chi connectivity index (χ3v) is 2.93. The molecule has 0 unspecified atom stereocenters. The zero-order chi connectivity index (χ0) is 14.3. The maximum atomic E-state index is 8.65. The molecule has 0 atom stereocenters. The third-order valence-electron chi connectivity index (χ3n) is 2.69. The first-order valence-electron chi connectivity index (χ1n) is 6.11. The third kappa shape index (κ3) is 4.96. The Morgan fingerprint density at radius 3 is 2.84 bits per heavy atom. The second-order valence-corrected chi connectivity index (χ2v) is 4.69. The average molecular weight is 286 g/mol. The molecule has 0 radical (unpaired) electrons. The van der Waals surface area contributed by atoms with Crippen LogP contribution in [0.15, 0.2) is 23.4 Å². The molecule has 6 heteroatoms. The van der Waals surface area contributed by atoms with Gasteiger partial charge >= 0.3 is 0 Å². The smallest absolute Gasteiger partial charge is 0.153 e. The first-order chi connectivity index (χ1) is 9.10. The van der Waals surface area contributed by atoms with Gasteiger partial charge in [-0.1, -0.05) is 23.7 Å². The Balaban J connectivity index is 2.86. The van der Waals surface area contributed by atoms with Gasteiger partial charge in [0.05, 0.1) is 13.7 Å². The molecule has 106 valence electrons. The number of ether oxygens (including phenoxy) is 1. The van der Waals surface area contributed by atoms with Crippen molar-refractivity contribution in [2.45, 2.75) is 19.9 Å². The fraction of sp³-hybridized carbons (Fsp3) is 0.462. The lowest BCUT2D eigenvalue weighted by Gasteiger charge is -2.22. The minimum absolute atomic E-state index is 0.189. The van der Waals surface area contributed by atoms with Crippen LogP contribution in [0.1, 0.15) is 18.9 Å². The van der Waals surface area contributed by atoms with Crippen molar-refractivity contribution in [3.05, 3.63) is 28.8 Å². The van der Waals surface area contributed by atoms with Crippen LogP contribution in [0.4, 0.5) is 0 Å². The summed E-state index contributed by atoms with van der Waals surface area (Å²) in [4.78, 5) is 2.07. The van der Waals surface area contributed by atoms with Gasteiger partial charge in [0.15, 0.2) is 5.84 Å². The summed E-state index contributed by atoms with van der Waals surface area (Å²) >= 11 is 6.00. The largest absolute Gasteiger partial charge is 0.496 e. The van der Waals surface area contributed by atoms with Crippen molar-refractivity contribution in [2.24, 2.45) is 10.9 Å². The van der Waals surface area contributed by atoms with Crippen LogP contribution in [-0.4, -0.2) is 36.1 Å². The summed E-state index contributed by atoms with van der Waals surface area (Å²) in [5, 5.41) is 12.3. The Bertz CT molecular complexity index is 438. The van der Waals surface area contributed by atoms with Gasteiger partial charge in [-0.3, -0.25) is 4.90 Å². The molecule has 5 nitrogen and oxygen atoms in total. The molecule has 0 spiro atoms. The number of halogens is 1. The lowest BCUT2D eigenvalue weighted by Crippen LogP contribution is -2.34. The molecule has 0 bridgehead atoms. The van der Waals surface area contributed by atoms with Crippen molar-refractivity contribution in [3.8, 4) is 5.75 Å². The van der Waals surface area contributed by atoms with Crippen LogP contribution in [0.2, 0.25) is 5.02 Å². The summed E-state index contributed by atoms with van der Waals surface area (Å²) in [5.41, 5.74) is 6.54. The molecule has 0 aliphatic carbocycles. The predicted molar refractivity (Wildman–Crippen MR) is 77.0 cm³/mol. The molecule has 1 rings (SSSR count). The highest BCUT2D eigenvalue weighted by Crippen LogP contribution is 2.24. The van der Waals surface area contributed by atoms with Crippen molar-refractivity contribution in [1.29, 1.82) is 0 Å². The van der Waals surface area contributed by atoms with Gasteiger partial charge in [-0.15, -0.1) is 0 Å². The topological polar surface area (TPSA) is 71.1 Å². The number of nitrogens with zero attached hydrogens (tertiary/aromatic N) is 2. The van der Waals surface area contributed by atoms with E-state index in [0.717, 1.165) is 24.3 Å². The van der Waals surface area contributed by atoms with Crippen molar-refractivity contribution >= 4 is 17.4 Å². The van der Waals surface area contributed by atoms with E-state index in [2.05, 4.69) is 17.0 Å². The summed E-state index contributed by atoms with van der Waals surface area (Å²) in [6.45, 7) is 3.95. The highest BCUT2D eigenvalue weighted by atomic mass is 35.5. The lowest BCUT2D eigenvalue weighted by molar-refractivity contribution is 0.282. The molecular formula is C13H20ClN3O2. The quantitative estimate of drug-likeness (QED) is 0.349. The number of benzene rings is 1. The Labute approximate surface area is 118 Å². The maximum Gasteiger partial charge on any atom is 0.153 e. The Morgan fingerprint density at radius 2 is 2.26 bits per heavy atom. The Hall–Kier alpha value is -1.46. The van der Waals surface area contributed by atoms with Crippen LogP contribution >= 0.6 is 11.6 Å². The van der Waals surface area contributed by atoms with E-state index in [4.69, 9.17) is 27.3 Å². The van der Waals surface area contributed by atoms with Crippen LogP contribution in [0.3, 0.4) is 0 Å². The van der Waals surface area contributed by atoms with E-state index in [1.807, 2.05) is 12.1 Å². The predicted octanol–water partition coefficient (Wildman–Crippen LogP) is 2.31. The highest BCUT2D eigenvalue weighted by molar-refractivity contribution is 6.30. The van der Waals surface area contributed by atoms with Crippen LogP contribution in [-0.2, 0) is 6.54 Å². The standard InChI is InChI=1S/C13H20ClN3O2/c1-3-6-17(9-13(15)16-18)8-10-7-11(14)4-5-12(10)19-2/h4-5,7,18H,3,6,8-9H2,1-2H3,(H2,15,16). The van der Waals surface area contributed by atoms with Crippen molar-refractivity contribution < 1.29 is 9.94 Å². The average Bonchev–Trinajstić information content (AvgIpc) is 2.39. The van der Waals surface area contributed by atoms with Gasteiger partial charge in [0.25, 0.3) is 0 Å². The van der Waals surface area contributed by atoms with Gasteiger partial charge in [0, 0.05) is 17.1 Å². The Kier molecular flexibility index (Phi) is 6.45. The first kappa shape index (κ1) is 15.6. The number of hydrogen-bond acceptors (Lipinski definition) is 4. The van der Waals surface area contributed by atoms with Crippen LogP contribution in [0.5, 0.6) is 5.75 Å². The molecule has 3 N–H and O–H groups in total. The van der Waals surface area contributed by atoms with E-state index in [1.165, 1.54) is 0 Å². The van der Waals surface area contributed by atoms with Gasteiger partial charge < -0.3 is 15.7 Å². The van der Waals surface area contributed by atoms with Gasteiger partial charge in [-0.25, -0.2) is 0 Å². The van der Waals surface area contributed by atoms with E-state index >= 15 is 0 Å². The molecule has 0 saturated carbocycles. The van der Waals surface area contributed by atoms with Gasteiger partial charge in [-0.2, -0.15) is 0 Å². The zero-order valence-corrected chi connectivity index (χ0v) is 12.0. The van der Waals surface area contributed by atoms with E-state index < -0.39 is 0 Å². The minimum Gasteiger partial charge on any atom is -0.496 e. The molecular weight excluding hydrogens is 266 g/mol. The van der Waals surface area contributed by atoms with Crippen LogP contribution < -0.4 is 10.5 Å². The van der Waals surface area contributed by atoms with Crippen LogP contribution in [0, 0.1) is 0 Å². The normalized spacial score (nSPS) is 11.9. The summed E-state index contributed by atoms with van der Waals surface area (Å²) in [5.74, 6) is 0.972. The fourth-order valence-corrected chi connectivity index (χ4v) is 2.10. The molecule has 0 aromatic heterocycles. The summed E-state index contributed by atoms with van der Waals surface area (Å²) in [6.07, 6.45) is 0.974. The van der Waals surface area contributed by atoms with Crippen molar-refractivity contribution in [3.63, 3.8) is 0 Å². The number of methoxy groups -OCH3 is 1. The summed E-state index contributed by atoms with van der Waals surface area (Å²) in [7, 11) is 1.63. The number of amidine groups is 1. The van der Waals surface area contributed by atoms with Gasteiger partial charge in [-0.05, 0) is 31.2 Å². The molecule has 0 saturated heterocycles. The number of rotatable bonds is 7. The molecule has 0 amide bonds. The fourth-order valence-electron chi connectivity index (χ4n) is 1.90. The summed E-state index contributed by atoms with van der Waals surface area (Å²) < 4.78 is 5.31. The molecule has 0 fully saturated rings. The number of hydrogen-bond donors (Lipinski definition) is 2. The van der Waals surface area contributed by atoms with Crippen molar-refractivity contribution in [1.82, 2.24) is 4.90 Å². The second-order valence-electron chi connectivity index (χ2n) is 4.26. The lowest BCUT2D eigenvalue weighted by atomic mass is 10.2. The van der Waals surface area contributed by atoms with E-state index in [-0.39, 0.29) is 5.84 Å². The first-order valence-corrected chi connectivity index (χ1v) is 6.49. The number of nitrogens with two attached hydrogens (primary N) is 1. The molecule has 1 aromatic carbocycles. The molecule has 0 aliphatic rings. The monoisotopic (exact) mass is 285 g/mol. The Morgan fingerprint density at radius 1 is 1.53 bits per heavy atom. The summed E-state index contributed by atoms with van der Waals surface area (Å²) in [6, 6.07) is 5.50. The number of oxime groups is 1. The minimum atomic E-state index is 0.189.